The van der Waals surface area contributed by atoms with Crippen molar-refractivity contribution < 1.29 is 28.0 Å². The van der Waals surface area contributed by atoms with Crippen molar-refractivity contribution in [3.05, 3.63) is 72.8 Å². The summed E-state index contributed by atoms with van der Waals surface area (Å²) in [4.78, 5) is 2.20. The van der Waals surface area contributed by atoms with Gasteiger partial charge in [0, 0.05) is 17.1 Å². The van der Waals surface area contributed by atoms with Crippen LogP contribution in [-0.2, 0) is 23.3 Å². The van der Waals surface area contributed by atoms with E-state index in [4.69, 9.17) is 28.0 Å². The number of hydrogen-bond donors (Lipinski definition) is 0. The van der Waals surface area contributed by atoms with E-state index in [2.05, 4.69) is 65.6 Å². The van der Waals surface area contributed by atoms with Crippen molar-refractivity contribution in [2.24, 2.45) is 0 Å². The van der Waals surface area contributed by atoms with Gasteiger partial charge >= 0.3 is 14.2 Å². The fourth-order valence-corrected chi connectivity index (χ4v) is 4.16. The standard InChI is InChI=1S/C25H28B3NO6/c1-26-31-15-14-30-25-12-10-24(11-13-25)29(22-6-2-20(3-7-22)27-32-16-17-33-27)23-8-4-21(5-9-23)28-34-18-19-35-28/h2-13,26H,14-19H2,1H3. The van der Waals surface area contributed by atoms with E-state index in [1.807, 2.05) is 19.0 Å². The van der Waals surface area contributed by atoms with Gasteiger partial charge in [0.2, 0.25) is 0 Å². The van der Waals surface area contributed by atoms with Crippen molar-refractivity contribution in [1.29, 1.82) is 0 Å². The average Bonchev–Trinajstić information content (AvgIpc) is 3.64. The van der Waals surface area contributed by atoms with Crippen molar-refractivity contribution in [2.45, 2.75) is 6.82 Å². The summed E-state index contributed by atoms with van der Waals surface area (Å²) in [6.07, 6.45) is 0. The van der Waals surface area contributed by atoms with Crippen LogP contribution >= 0.6 is 0 Å². The number of ether oxygens (including phenoxy) is 1. The van der Waals surface area contributed by atoms with E-state index in [-0.39, 0.29) is 14.2 Å². The Hall–Kier alpha value is -2.75. The van der Waals surface area contributed by atoms with Crippen LogP contribution in [0.15, 0.2) is 72.8 Å². The minimum absolute atomic E-state index is 0.295. The van der Waals surface area contributed by atoms with E-state index in [0.717, 1.165) is 33.7 Å². The van der Waals surface area contributed by atoms with Gasteiger partial charge in [-0.2, -0.15) is 0 Å². The van der Waals surface area contributed by atoms with E-state index < -0.39 is 0 Å². The molecule has 3 aromatic carbocycles. The van der Waals surface area contributed by atoms with Gasteiger partial charge in [0.05, 0.1) is 33.0 Å². The zero-order valence-electron chi connectivity index (χ0n) is 19.9. The molecule has 10 heteroatoms. The van der Waals surface area contributed by atoms with E-state index >= 15 is 0 Å². The van der Waals surface area contributed by atoms with Crippen molar-refractivity contribution in [1.82, 2.24) is 0 Å². The second-order valence-corrected chi connectivity index (χ2v) is 8.20. The Kier molecular flexibility index (Phi) is 8.08. The van der Waals surface area contributed by atoms with E-state index in [0.29, 0.717) is 47.1 Å². The van der Waals surface area contributed by atoms with E-state index in [9.17, 15) is 0 Å². The lowest BCUT2D eigenvalue weighted by Gasteiger charge is -2.26. The van der Waals surface area contributed by atoms with Crippen LogP contribution in [-0.4, -0.2) is 61.4 Å². The molecule has 0 radical (unpaired) electrons. The third-order valence-electron chi connectivity index (χ3n) is 5.89. The molecule has 35 heavy (non-hydrogen) atoms. The molecule has 2 saturated heterocycles. The second-order valence-electron chi connectivity index (χ2n) is 8.20. The van der Waals surface area contributed by atoms with Crippen LogP contribution in [0.5, 0.6) is 5.75 Å². The lowest BCUT2D eigenvalue weighted by Crippen LogP contribution is -2.32. The number of anilines is 3. The second kappa shape index (κ2) is 11.8. The number of rotatable bonds is 10. The van der Waals surface area contributed by atoms with Gasteiger partial charge in [-0.05, 0) is 59.5 Å². The zero-order valence-corrected chi connectivity index (χ0v) is 19.9. The molecule has 5 rings (SSSR count). The molecule has 2 aliphatic heterocycles. The molecule has 0 bridgehead atoms. The van der Waals surface area contributed by atoms with Gasteiger partial charge in [-0.3, -0.25) is 0 Å². The van der Waals surface area contributed by atoms with E-state index in [1.165, 1.54) is 0 Å². The fourth-order valence-electron chi connectivity index (χ4n) is 4.16. The Labute approximate surface area is 207 Å². The smallest absolute Gasteiger partial charge is 0.491 e. The summed E-state index contributed by atoms with van der Waals surface area (Å²) in [6.45, 7) is 5.57. The highest BCUT2D eigenvalue weighted by Gasteiger charge is 2.27. The Morgan fingerprint density at radius 2 is 1.09 bits per heavy atom. The Morgan fingerprint density at radius 1 is 0.657 bits per heavy atom. The third kappa shape index (κ3) is 5.91. The highest BCUT2D eigenvalue weighted by atomic mass is 16.6. The molecule has 2 fully saturated rings. The van der Waals surface area contributed by atoms with Crippen molar-refractivity contribution in [2.75, 3.05) is 44.5 Å². The van der Waals surface area contributed by atoms with Crippen LogP contribution in [0, 0.1) is 0 Å². The molecule has 7 nitrogen and oxygen atoms in total. The van der Waals surface area contributed by atoms with Crippen LogP contribution < -0.4 is 20.6 Å². The summed E-state index contributed by atoms with van der Waals surface area (Å²) in [7, 11) is 0.0972. The SMILES string of the molecule is CBOCCOc1ccc(N(c2ccc(B3OCCO3)cc2)c2ccc(B3OCCO3)cc2)cc1. The normalized spacial score (nSPS) is 15.5. The minimum atomic E-state index is -0.295. The van der Waals surface area contributed by atoms with Crippen LogP contribution in [0.2, 0.25) is 6.82 Å². The van der Waals surface area contributed by atoms with Crippen molar-refractivity contribution in [3.63, 3.8) is 0 Å². The monoisotopic (exact) mass is 471 g/mol. The van der Waals surface area contributed by atoms with Gasteiger partial charge < -0.3 is 32.9 Å². The molecule has 0 saturated carbocycles. The summed E-state index contributed by atoms with van der Waals surface area (Å²) in [5, 5.41) is 0. The van der Waals surface area contributed by atoms with Gasteiger partial charge in [-0.15, -0.1) is 0 Å². The maximum absolute atomic E-state index is 5.80. The quantitative estimate of drug-likeness (QED) is 0.333. The van der Waals surface area contributed by atoms with Crippen molar-refractivity contribution >= 4 is 49.7 Å². The highest BCUT2D eigenvalue weighted by molar-refractivity contribution is 6.62. The Balaban J connectivity index is 1.40. The van der Waals surface area contributed by atoms with Crippen LogP contribution in [0.3, 0.4) is 0 Å². The Bertz CT molecular complexity index is 997. The molecular weight excluding hydrogens is 443 g/mol. The van der Waals surface area contributed by atoms with Crippen LogP contribution in [0.25, 0.3) is 0 Å². The largest absolute Gasteiger partial charge is 0.494 e. The lowest BCUT2D eigenvalue weighted by atomic mass is 9.79. The summed E-state index contributed by atoms with van der Waals surface area (Å²) in [5.74, 6) is 0.810. The molecule has 0 spiro atoms. The first-order valence-corrected chi connectivity index (χ1v) is 12.1. The van der Waals surface area contributed by atoms with Crippen molar-refractivity contribution in [3.8, 4) is 5.75 Å². The maximum Gasteiger partial charge on any atom is 0.494 e. The lowest BCUT2D eigenvalue weighted by molar-refractivity contribution is 0.224. The molecule has 0 aromatic heterocycles. The van der Waals surface area contributed by atoms with E-state index in [1.54, 1.807) is 0 Å². The van der Waals surface area contributed by atoms with Gasteiger partial charge in [0.15, 0.2) is 0 Å². The van der Waals surface area contributed by atoms with Gasteiger partial charge in [0.25, 0.3) is 7.48 Å². The third-order valence-corrected chi connectivity index (χ3v) is 5.89. The maximum atomic E-state index is 5.80. The summed E-state index contributed by atoms with van der Waals surface area (Å²) in [5.41, 5.74) is 5.09. The topological polar surface area (TPSA) is 58.6 Å². The van der Waals surface area contributed by atoms with Gasteiger partial charge in [0.1, 0.15) is 12.4 Å². The first kappa shape index (κ1) is 24.0. The molecule has 0 amide bonds. The molecule has 2 heterocycles. The molecule has 0 N–H and O–H groups in total. The highest BCUT2D eigenvalue weighted by Crippen LogP contribution is 2.34. The minimum Gasteiger partial charge on any atom is -0.491 e. The number of benzene rings is 3. The first-order valence-electron chi connectivity index (χ1n) is 12.1. The molecule has 0 unspecified atom stereocenters. The number of hydrogen-bond acceptors (Lipinski definition) is 7. The Morgan fingerprint density at radius 3 is 1.51 bits per heavy atom. The summed E-state index contributed by atoms with van der Waals surface area (Å²) in [6, 6.07) is 24.7. The fraction of sp³-hybridized carbons (Fsp3) is 0.280. The molecule has 2 aliphatic rings. The average molecular weight is 471 g/mol. The molecule has 178 valence electrons. The van der Waals surface area contributed by atoms with Gasteiger partial charge in [-0.1, -0.05) is 31.1 Å². The predicted molar refractivity (Wildman–Crippen MR) is 140 cm³/mol. The summed E-state index contributed by atoms with van der Waals surface area (Å²) < 4.78 is 33.8. The van der Waals surface area contributed by atoms with Gasteiger partial charge in [-0.25, -0.2) is 0 Å². The zero-order chi connectivity index (χ0) is 23.9. The molecule has 0 aliphatic carbocycles. The van der Waals surface area contributed by atoms with Crippen LogP contribution in [0.4, 0.5) is 17.1 Å². The number of nitrogens with zero attached hydrogens (tertiary/aromatic N) is 1. The molecule has 3 aromatic rings. The molecule has 0 atom stereocenters. The predicted octanol–water partition coefficient (Wildman–Crippen LogP) is 2.44. The molecular formula is C25H28B3NO6. The van der Waals surface area contributed by atoms with Crippen LogP contribution in [0.1, 0.15) is 0 Å². The summed E-state index contributed by atoms with van der Waals surface area (Å²) >= 11 is 0. The first-order chi connectivity index (χ1) is 17.3.